The summed E-state index contributed by atoms with van der Waals surface area (Å²) in [7, 11) is 0. The molecule has 37 heavy (non-hydrogen) atoms. The largest absolute Gasteiger partial charge is 0.470 e. The first-order valence-electron chi connectivity index (χ1n) is 12.3. The van der Waals surface area contributed by atoms with Gasteiger partial charge in [0.05, 0.1) is 12.6 Å². The average Bonchev–Trinajstić information content (AvgIpc) is 3.38. The second kappa shape index (κ2) is 13.0. The summed E-state index contributed by atoms with van der Waals surface area (Å²) < 4.78 is 47.9. The number of ketones is 1. The molecule has 10 heteroatoms. The maximum atomic E-state index is 12.8. The number of ether oxygens (including phenoxy) is 1. The minimum Gasteiger partial charge on any atom is -0.466 e. The summed E-state index contributed by atoms with van der Waals surface area (Å²) in [5, 5.41) is 10.0. The highest BCUT2D eigenvalue weighted by atomic mass is 19.4. The molecular formula is C27H30F3N3O4. The van der Waals surface area contributed by atoms with E-state index in [0.717, 1.165) is 30.5 Å². The first kappa shape index (κ1) is 27.9. The molecule has 7 nitrogen and oxygen atoms in total. The molecule has 0 unspecified atom stereocenters. The number of benzene rings is 2. The van der Waals surface area contributed by atoms with Gasteiger partial charge in [0.15, 0.2) is 5.78 Å². The SMILES string of the molecule is CCCC[C@@H](Nc1ccc(C(=O)CCCC(=O)OCC)cc1)c1ccc(-c2nnc(C(F)(F)F)o2)cc1. The zero-order valence-electron chi connectivity index (χ0n) is 20.8. The number of carbonyl (C=O) groups excluding carboxylic acids is 2. The lowest BCUT2D eigenvalue weighted by Gasteiger charge is -2.21. The molecule has 0 aliphatic carbocycles. The van der Waals surface area contributed by atoms with Crippen LogP contribution in [-0.2, 0) is 15.7 Å². The van der Waals surface area contributed by atoms with Crippen LogP contribution < -0.4 is 5.32 Å². The van der Waals surface area contributed by atoms with Crippen LogP contribution in [0.4, 0.5) is 18.9 Å². The van der Waals surface area contributed by atoms with Gasteiger partial charge in [-0.1, -0.05) is 31.9 Å². The number of alkyl halides is 3. The Morgan fingerprint density at radius 2 is 1.68 bits per heavy atom. The fourth-order valence-corrected chi connectivity index (χ4v) is 3.77. The summed E-state index contributed by atoms with van der Waals surface area (Å²) >= 11 is 0. The average molecular weight is 518 g/mol. The molecule has 3 rings (SSSR count). The minimum absolute atomic E-state index is 0.0383. The van der Waals surface area contributed by atoms with Gasteiger partial charge in [0.2, 0.25) is 5.89 Å². The van der Waals surface area contributed by atoms with E-state index in [1.807, 2.05) is 24.3 Å². The number of halogens is 3. The fraction of sp³-hybridized carbons (Fsp3) is 0.407. The van der Waals surface area contributed by atoms with Crippen LogP contribution in [0.15, 0.2) is 52.9 Å². The molecule has 0 radical (unpaired) electrons. The Balaban J connectivity index is 1.65. The van der Waals surface area contributed by atoms with Gasteiger partial charge < -0.3 is 14.5 Å². The van der Waals surface area contributed by atoms with E-state index in [1.54, 1.807) is 31.2 Å². The number of esters is 1. The van der Waals surface area contributed by atoms with Crippen molar-refractivity contribution < 1.29 is 31.9 Å². The van der Waals surface area contributed by atoms with Gasteiger partial charge in [-0.2, -0.15) is 13.2 Å². The van der Waals surface area contributed by atoms with Crippen molar-refractivity contribution in [1.29, 1.82) is 0 Å². The van der Waals surface area contributed by atoms with Crippen molar-refractivity contribution in [3.63, 3.8) is 0 Å². The zero-order valence-corrected chi connectivity index (χ0v) is 20.8. The second-order valence-electron chi connectivity index (χ2n) is 8.53. The lowest BCUT2D eigenvalue weighted by Crippen LogP contribution is -2.11. The Kier molecular flexibility index (Phi) is 9.82. The highest BCUT2D eigenvalue weighted by Gasteiger charge is 2.38. The summed E-state index contributed by atoms with van der Waals surface area (Å²) in [5.74, 6) is -1.91. The number of aromatic nitrogens is 2. The topological polar surface area (TPSA) is 94.3 Å². The molecule has 3 aromatic rings. The van der Waals surface area contributed by atoms with Gasteiger partial charge in [-0.05, 0) is 61.7 Å². The molecule has 1 aromatic heterocycles. The molecule has 1 heterocycles. The van der Waals surface area contributed by atoms with Gasteiger partial charge in [-0.25, -0.2) is 0 Å². The van der Waals surface area contributed by atoms with Gasteiger partial charge in [-0.3, -0.25) is 9.59 Å². The van der Waals surface area contributed by atoms with Crippen LogP contribution in [0.2, 0.25) is 0 Å². The van der Waals surface area contributed by atoms with Crippen LogP contribution in [0, 0.1) is 0 Å². The van der Waals surface area contributed by atoms with Gasteiger partial charge in [0.1, 0.15) is 0 Å². The number of unbranched alkanes of at least 4 members (excludes halogenated alkanes) is 1. The summed E-state index contributed by atoms with van der Waals surface area (Å²) in [6.45, 7) is 4.16. The molecule has 0 fully saturated rings. The van der Waals surface area contributed by atoms with Gasteiger partial charge in [0.25, 0.3) is 0 Å². The van der Waals surface area contributed by atoms with Crippen molar-refractivity contribution in [2.75, 3.05) is 11.9 Å². The van der Waals surface area contributed by atoms with Crippen molar-refractivity contribution in [1.82, 2.24) is 10.2 Å². The molecule has 0 bridgehead atoms. The number of nitrogens with one attached hydrogen (secondary N) is 1. The maximum Gasteiger partial charge on any atom is 0.470 e. The number of rotatable bonds is 13. The predicted octanol–water partition coefficient (Wildman–Crippen LogP) is 7.01. The van der Waals surface area contributed by atoms with Crippen molar-refractivity contribution in [3.05, 3.63) is 65.5 Å². The molecule has 1 atom stereocenters. The molecular weight excluding hydrogens is 487 g/mol. The van der Waals surface area contributed by atoms with Gasteiger partial charge in [0, 0.05) is 29.7 Å². The molecule has 0 aliphatic rings. The first-order valence-corrected chi connectivity index (χ1v) is 12.3. The van der Waals surface area contributed by atoms with Crippen LogP contribution >= 0.6 is 0 Å². The van der Waals surface area contributed by atoms with Crippen LogP contribution in [0.3, 0.4) is 0 Å². The molecule has 0 amide bonds. The third-order valence-electron chi connectivity index (χ3n) is 5.71. The van der Waals surface area contributed by atoms with Gasteiger partial charge >= 0.3 is 18.0 Å². The Bertz CT molecular complexity index is 1160. The molecule has 0 saturated heterocycles. The summed E-state index contributed by atoms with van der Waals surface area (Å²) in [4.78, 5) is 23.9. The lowest BCUT2D eigenvalue weighted by atomic mass is 9.99. The van der Waals surface area contributed by atoms with E-state index in [0.29, 0.717) is 24.2 Å². The molecule has 1 N–H and O–H groups in total. The Hall–Kier alpha value is -3.69. The summed E-state index contributed by atoms with van der Waals surface area (Å²) in [6.07, 6.45) is -0.971. The van der Waals surface area contributed by atoms with E-state index in [1.165, 1.54) is 0 Å². The third-order valence-corrected chi connectivity index (χ3v) is 5.71. The molecule has 0 saturated carbocycles. The normalized spacial score (nSPS) is 12.2. The van der Waals surface area contributed by atoms with E-state index in [2.05, 4.69) is 22.4 Å². The predicted molar refractivity (Wildman–Crippen MR) is 132 cm³/mol. The molecule has 0 spiro atoms. The van der Waals surface area contributed by atoms with Crippen molar-refractivity contribution in [2.45, 2.75) is 64.6 Å². The molecule has 0 aliphatic heterocycles. The molecule has 198 valence electrons. The second-order valence-corrected chi connectivity index (χ2v) is 8.53. The lowest BCUT2D eigenvalue weighted by molar-refractivity contribution is -0.157. The highest BCUT2D eigenvalue weighted by molar-refractivity contribution is 5.96. The zero-order chi connectivity index (χ0) is 26.8. The Labute approximate surface area is 213 Å². The number of hydrogen-bond acceptors (Lipinski definition) is 7. The first-order chi connectivity index (χ1) is 17.7. The van der Waals surface area contributed by atoms with Crippen LogP contribution in [-0.4, -0.2) is 28.6 Å². The third kappa shape index (κ3) is 8.16. The smallest absolute Gasteiger partial charge is 0.466 e. The van der Waals surface area contributed by atoms with E-state index < -0.39 is 12.1 Å². The van der Waals surface area contributed by atoms with Crippen molar-refractivity contribution in [3.8, 4) is 11.5 Å². The monoisotopic (exact) mass is 517 g/mol. The quantitative estimate of drug-likeness (QED) is 0.192. The summed E-state index contributed by atoms with van der Waals surface area (Å²) in [6, 6.07) is 14.1. The van der Waals surface area contributed by atoms with Gasteiger partial charge in [-0.15, -0.1) is 10.2 Å². The maximum absolute atomic E-state index is 12.8. The highest BCUT2D eigenvalue weighted by Crippen LogP contribution is 2.31. The van der Waals surface area contributed by atoms with Crippen molar-refractivity contribution >= 4 is 17.4 Å². The number of Topliss-reactive ketones (excluding diaryl/α,β-unsaturated/α-hetero) is 1. The van der Waals surface area contributed by atoms with Crippen LogP contribution in [0.5, 0.6) is 0 Å². The van der Waals surface area contributed by atoms with E-state index in [-0.39, 0.29) is 36.5 Å². The number of carbonyl (C=O) groups is 2. The standard InChI is InChI=1S/C27H30F3N3O4/c1-3-5-7-22(18-10-12-20(13-11-18)25-32-33-26(37-25)27(28,29)30)31-21-16-14-19(15-17-21)23(34)8-6-9-24(35)36-4-2/h10-17,22,31H,3-9H2,1-2H3/t22-/m1/s1. The van der Waals surface area contributed by atoms with E-state index >= 15 is 0 Å². The number of anilines is 1. The number of hydrogen-bond donors (Lipinski definition) is 1. The van der Waals surface area contributed by atoms with Crippen LogP contribution in [0.1, 0.15) is 80.2 Å². The molecule has 2 aromatic carbocycles. The minimum atomic E-state index is -4.69. The van der Waals surface area contributed by atoms with Crippen LogP contribution in [0.25, 0.3) is 11.5 Å². The Morgan fingerprint density at radius 1 is 0.973 bits per heavy atom. The number of nitrogens with zero attached hydrogens (tertiary/aromatic N) is 2. The van der Waals surface area contributed by atoms with Crippen molar-refractivity contribution in [2.24, 2.45) is 0 Å². The van der Waals surface area contributed by atoms with E-state index in [9.17, 15) is 22.8 Å². The Morgan fingerprint density at radius 3 is 2.27 bits per heavy atom. The van der Waals surface area contributed by atoms with E-state index in [4.69, 9.17) is 9.15 Å². The summed E-state index contributed by atoms with van der Waals surface area (Å²) in [5.41, 5.74) is 2.75. The fourth-order valence-electron chi connectivity index (χ4n) is 3.77.